The maximum Gasteiger partial charge on any atom is 0.231 e. The zero-order chi connectivity index (χ0) is 35.6. The topological polar surface area (TPSA) is 68.1 Å². The number of aromatic nitrogens is 3. The van der Waals surface area contributed by atoms with Gasteiger partial charge in [0.25, 0.3) is 0 Å². The second-order valence-electron chi connectivity index (χ2n) is 13.5. The van der Waals surface area contributed by atoms with E-state index in [0.717, 1.165) is 74.2 Å². The lowest BCUT2D eigenvalue weighted by atomic mass is 9.88. The highest BCUT2D eigenvalue weighted by atomic mass is 16.7. The van der Waals surface area contributed by atoms with E-state index in [1.807, 2.05) is 16.9 Å². The van der Waals surface area contributed by atoms with Crippen molar-refractivity contribution in [1.82, 2.24) is 29.7 Å². The summed E-state index contributed by atoms with van der Waals surface area (Å²) in [6, 6.07) is 34.1. The van der Waals surface area contributed by atoms with Gasteiger partial charge in [-0.1, -0.05) is 72.8 Å². The molecule has 9 nitrogen and oxygen atoms in total. The first-order valence-corrected chi connectivity index (χ1v) is 17.8. The van der Waals surface area contributed by atoms with Crippen molar-refractivity contribution in [3.05, 3.63) is 131 Å². The monoisotopic (exact) mass is 686 g/mol. The van der Waals surface area contributed by atoms with Crippen molar-refractivity contribution in [3.63, 3.8) is 0 Å². The third-order valence-electron chi connectivity index (χ3n) is 9.16. The molecule has 0 aliphatic carbocycles. The van der Waals surface area contributed by atoms with Crippen LogP contribution in [0.15, 0.2) is 103 Å². The number of ether oxygens (including phenoxy) is 3. The van der Waals surface area contributed by atoms with Crippen molar-refractivity contribution in [2.75, 3.05) is 61.2 Å². The maximum absolute atomic E-state index is 5.99. The molecular weight excluding hydrogens is 637 g/mol. The van der Waals surface area contributed by atoms with E-state index < -0.39 is 0 Å². The normalized spacial score (nSPS) is 12.9. The Balaban J connectivity index is 1.08. The van der Waals surface area contributed by atoms with Crippen LogP contribution in [-0.4, -0.2) is 90.9 Å². The molecule has 0 saturated carbocycles. The van der Waals surface area contributed by atoms with Crippen LogP contribution in [0, 0.1) is 0 Å². The van der Waals surface area contributed by atoms with Crippen molar-refractivity contribution in [3.8, 4) is 22.9 Å². The number of rotatable bonds is 17. The van der Waals surface area contributed by atoms with Gasteiger partial charge in [-0.05, 0) is 111 Å². The average molecular weight is 687 g/mol. The molecule has 0 saturated heterocycles. The van der Waals surface area contributed by atoms with Crippen LogP contribution in [-0.2, 0) is 19.5 Å². The summed E-state index contributed by atoms with van der Waals surface area (Å²) in [6.07, 6.45) is 3.78. The molecule has 0 unspecified atom stereocenters. The summed E-state index contributed by atoms with van der Waals surface area (Å²) in [7, 11) is 8.38. The standard InChI is InChI=1S/C42H50N6O3/c1-6-39(34-10-8-7-9-11-34)40(35-15-19-38(20-16-35)49-25-24-45(2)3)26-32-12-17-37(18-13-32)48-30-36(43-44-48)29-47(5)23-22-46(4)28-33-14-21-41-42(27-33)51-31-50-41/h7-21,27,30H,6,22-26,28-29,31H2,1-5H3/b40-39-. The highest BCUT2D eigenvalue weighted by molar-refractivity contribution is 5.91. The summed E-state index contributed by atoms with van der Waals surface area (Å²) >= 11 is 0. The summed E-state index contributed by atoms with van der Waals surface area (Å²) in [5.74, 6) is 2.54. The van der Waals surface area contributed by atoms with Crippen molar-refractivity contribution in [1.29, 1.82) is 0 Å². The van der Waals surface area contributed by atoms with E-state index in [2.05, 4.69) is 151 Å². The molecule has 0 radical (unpaired) electrons. The van der Waals surface area contributed by atoms with Gasteiger partial charge in [0.15, 0.2) is 11.5 Å². The number of likely N-dealkylation sites (N-methyl/N-ethyl adjacent to an activating group) is 3. The predicted molar refractivity (Wildman–Crippen MR) is 204 cm³/mol. The summed E-state index contributed by atoms with van der Waals surface area (Å²) in [4.78, 5) is 6.72. The molecule has 6 rings (SSSR count). The minimum absolute atomic E-state index is 0.299. The van der Waals surface area contributed by atoms with Gasteiger partial charge in [-0.25, -0.2) is 4.68 Å². The largest absolute Gasteiger partial charge is 0.492 e. The molecular formula is C42H50N6O3. The first-order valence-electron chi connectivity index (χ1n) is 17.8. The fourth-order valence-electron chi connectivity index (χ4n) is 6.31. The number of allylic oxidation sites excluding steroid dienone is 2. The van der Waals surface area contributed by atoms with E-state index >= 15 is 0 Å². The molecule has 0 amide bonds. The van der Waals surface area contributed by atoms with E-state index in [-0.39, 0.29) is 0 Å². The van der Waals surface area contributed by atoms with Crippen LogP contribution in [0.25, 0.3) is 16.8 Å². The zero-order valence-electron chi connectivity index (χ0n) is 30.6. The molecule has 9 heteroatoms. The van der Waals surface area contributed by atoms with E-state index in [0.29, 0.717) is 13.4 Å². The molecule has 1 aliphatic heterocycles. The third-order valence-corrected chi connectivity index (χ3v) is 9.16. The summed E-state index contributed by atoms with van der Waals surface area (Å²) in [6.45, 7) is 7.49. The zero-order valence-corrected chi connectivity index (χ0v) is 30.6. The van der Waals surface area contributed by atoms with Gasteiger partial charge in [0.05, 0.1) is 17.6 Å². The van der Waals surface area contributed by atoms with Gasteiger partial charge in [-0.3, -0.25) is 4.90 Å². The lowest BCUT2D eigenvalue weighted by molar-refractivity contribution is 0.174. The number of benzene rings is 4. The van der Waals surface area contributed by atoms with Crippen LogP contribution in [0.5, 0.6) is 17.2 Å². The molecule has 1 aliphatic rings. The van der Waals surface area contributed by atoms with Crippen molar-refractivity contribution in [2.45, 2.75) is 32.9 Å². The molecule has 5 aromatic rings. The fraction of sp³-hybridized carbons (Fsp3) is 0.333. The van der Waals surface area contributed by atoms with Crippen LogP contribution < -0.4 is 14.2 Å². The van der Waals surface area contributed by atoms with E-state index in [9.17, 15) is 0 Å². The van der Waals surface area contributed by atoms with Gasteiger partial charge in [-0.15, -0.1) is 5.10 Å². The molecule has 0 N–H and O–H groups in total. The molecule has 2 heterocycles. The van der Waals surface area contributed by atoms with E-state index in [1.54, 1.807) is 0 Å². The summed E-state index contributed by atoms with van der Waals surface area (Å²) in [5.41, 5.74) is 9.53. The van der Waals surface area contributed by atoms with Crippen LogP contribution >= 0.6 is 0 Å². The van der Waals surface area contributed by atoms with Crippen molar-refractivity contribution >= 4 is 11.1 Å². The first-order chi connectivity index (χ1) is 24.8. The molecule has 266 valence electrons. The van der Waals surface area contributed by atoms with E-state index in [4.69, 9.17) is 14.2 Å². The Bertz CT molecular complexity index is 1870. The minimum atomic E-state index is 0.299. The Kier molecular flexibility index (Phi) is 12.2. The lowest BCUT2D eigenvalue weighted by Crippen LogP contribution is -2.30. The van der Waals surface area contributed by atoms with Gasteiger partial charge in [0.1, 0.15) is 12.4 Å². The summed E-state index contributed by atoms with van der Waals surface area (Å²) < 4.78 is 18.8. The highest BCUT2D eigenvalue weighted by Gasteiger charge is 2.15. The van der Waals surface area contributed by atoms with Crippen LogP contribution in [0.4, 0.5) is 0 Å². The predicted octanol–water partition coefficient (Wildman–Crippen LogP) is 7.06. The van der Waals surface area contributed by atoms with Crippen molar-refractivity contribution < 1.29 is 14.2 Å². The minimum Gasteiger partial charge on any atom is -0.492 e. The Morgan fingerprint density at radius 3 is 2.14 bits per heavy atom. The molecule has 0 atom stereocenters. The Hall–Kier alpha value is -4.96. The van der Waals surface area contributed by atoms with Gasteiger partial charge in [0, 0.05) is 32.7 Å². The second kappa shape index (κ2) is 17.3. The Morgan fingerprint density at radius 1 is 0.725 bits per heavy atom. The van der Waals surface area contributed by atoms with Gasteiger partial charge in [-0.2, -0.15) is 0 Å². The van der Waals surface area contributed by atoms with Gasteiger partial charge in [0.2, 0.25) is 6.79 Å². The van der Waals surface area contributed by atoms with Crippen LogP contribution in [0.1, 0.15) is 41.3 Å². The first kappa shape index (κ1) is 35.9. The van der Waals surface area contributed by atoms with Crippen LogP contribution in [0.2, 0.25) is 0 Å². The summed E-state index contributed by atoms with van der Waals surface area (Å²) in [5, 5.41) is 8.95. The molecule has 51 heavy (non-hydrogen) atoms. The number of hydrogen-bond acceptors (Lipinski definition) is 8. The Morgan fingerprint density at radius 2 is 1.41 bits per heavy atom. The molecule has 1 aromatic heterocycles. The molecule has 0 bridgehead atoms. The average Bonchev–Trinajstić information content (AvgIpc) is 3.81. The lowest BCUT2D eigenvalue weighted by Gasteiger charge is -2.21. The number of hydrogen-bond donors (Lipinski definition) is 0. The fourth-order valence-corrected chi connectivity index (χ4v) is 6.31. The number of nitrogens with zero attached hydrogens (tertiary/aromatic N) is 6. The van der Waals surface area contributed by atoms with E-state index in [1.165, 1.54) is 33.4 Å². The van der Waals surface area contributed by atoms with Gasteiger partial charge >= 0.3 is 0 Å². The smallest absolute Gasteiger partial charge is 0.231 e. The molecule has 4 aromatic carbocycles. The highest BCUT2D eigenvalue weighted by Crippen LogP contribution is 2.34. The SMILES string of the molecule is CC/C(=C(\Cc1ccc(-n2cc(CN(C)CCN(C)Cc3ccc4c(c3)OCO4)nn2)cc1)c1ccc(OCCN(C)C)cc1)c1ccccc1. The number of fused-ring (bicyclic) bond motifs is 1. The van der Waals surface area contributed by atoms with Crippen LogP contribution in [0.3, 0.4) is 0 Å². The second-order valence-corrected chi connectivity index (χ2v) is 13.5. The quantitative estimate of drug-likeness (QED) is 0.0964. The molecule has 0 fully saturated rings. The van der Waals surface area contributed by atoms with Gasteiger partial charge < -0.3 is 24.0 Å². The third kappa shape index (κ3) is 9.85. The maximum atomic E-state index is 5.99. The Labute approximate surface area is 302 Å². The van der Waals surface area contributed by atoms with Crippen molar-refractivity contribution in [2.24, 2.45) is 0 Å². The molecule has 0 spiro atoms.